The van der Waals surface area contributed by atoms with Gasteiger partial charge in [-0.15, -0.1) is 13.2 Å². The van der Waals surface area contributed by atoms with E-state index in [2.05, 4.69) is 15.0 Å². The number of piperidine rings is 1. The van der Waals surface area contributed by atoms with Gasteiger partial charge in [0.15, 0.2) is 0 Å². The maximum absolute atomic E-state index is 12.9. The number of anilines is 1. The second kappa shape index (κ2) is 8.30. The van der Waals surface area contributed by atoms with Crippen molar-refractivity contribution in [1.82, 2.24) is 15.2 Å². The molecule has 4 amide bonds. The van der Waals surface area contributed by atoms with Crippen molar-refractivity contribution in [3.8, 4) is 5.75 Å². The summed E-state index contributed by atoms with van der Waals surface area (Å²) in [5.41, 5.74) is 0.458. The van der Waals surface area contributed by atoms with Crippen molar-refractivity contribution in [2.45, 2.75) is 31.3 Å². The number of ether oxygens (including phenoxy) is 1. The molecule has 1 N–H and O–H groups in total. The fourth-order valence-corrected chi connectivity index (χ4v) is 3.95. The number of imide groups is 1. The first-order valence-corrected chi connectivity index (χ1v) is 9.93. The molecule has 0 aliphatic carbocycles. The Balaban J connectivity index is 1.44. The van der Waals surface area contributed by atoms with Gasteiger partial charge in [-0.1, -0.05) is 11.6 Å². The number of rotatable bonds is 4. The van der Waals surface area contributed by atoms with Crippen LogP contribution >= 0.6 is 11.6 Å². The lowest BCUT2D eigenvalue weighted by molar-refractivity contribution is -0.274. The van der Waals surface area contributed by atoms with Crippen molar-refractivity contribution in [2.75, 3.05) is 11.4 Å². The Bertz CT molecular complexity index is 1060. The van der Waals surface area contributed by atoms with E-state index in [4.69, 9.17) is 11.6 Å². The Morgan fingerprint density at radius 2 is 1.91 bits per heavy atom. The van der Waals surface area contributed by atoms with E-state index in [1.165, 1.54) is 35.4 Å². The number of hydrogen-bond donors (Lipinski definition) is 1. The second-order valence-corrected chi connectivity index (χ2v) is 7.66. The summed E-state index contributed by atoms with van der Waals surface area (Å²) in [5.74, 6) is -1.34. The minimum Gasteiger partial charge on any atom is -0.406 e. The number of nitrogens with zero attached hydrogens (tertiary/aromatic N) is 3. The van der Waals surface area contributed by atoms with Crippen LogP contribution in [0.4, 0.5) is 23.7 Å². The number of pyridine rings is 1. The molecule has 32 heavy (non-hydrogen) atoms. The summed E-state index contributed by atoms with van der Waals surface area (Å²) < 4.78 is 40.8. The monoisotopic (exact) mass is 468 g/mol. The van der Waals surface area contributed by atoms with Crippen LogP contribution in [0.3, 0.4) is 0 Å². The molecule has 2 saturated heterocycles. The standard InChI is InChI=1S/C20H16ClF3N4O4/c21-16-9-11(5-7-25-16)17(29)26-12-6-8-27-15(10-12)18(30)28(19(27)31)13-1-3-14(4-2-13)32-20(22,23)24/h1-5,7,9,12,15H,6,8,10H2,(H,26,29)/t12-,15-/m0/s1. The molecule has 2 aliphatic rings. The van der Waals surface area contributed by atoms with Crippen molar-refractivity contribution in [2.24, 2.45) is 0 Å². The molecule has 0 bridgehead atoms. The van der Waals surface area contributed by atoms with Gasteiger partial charge in [0.05, 0.1) is 5.69 Å². The van der Waals surface area contributed by atoms with Crippen LogP contribution < -0.4 is 15.0 Å². The van der Waals surface area contributed by atoms with Gasteiger partial charge in [0.1, 0.15) is 16.9 Å². The molecular weight excluding hydrogens is 453 g/mol. The first-order valence-electron chi connectivity index (χ1n) is 9.55. The predicted octanol–water partition coefficient (Wildman–Crippen LogP) is 3.36. The summed E-state index contributed by atoms with van der Waals surface area (Å²) in [6, 6.07) is 5.72. The highest BCUT2D eigenvalue weighted by atomic mass is 35.5. The summed E-state index contributed by atoms with van der Waals surface area (Å²) in [6.07, 6.45) is -2.79. The van der Waals surface area contributed by atoms with E-state index in [0.29, 0.717) is 12.0 Å². The topological polar surface area (TPSA) is 91.8 Å². The zero-order valence-electron chi connectivity index (χ0n) is 16.3. The molecule has 8 nitrogen and oxygen atoms in total. The Morgan fingerprint density at radius 3 is 2.56 bits per heavy atom. The van der Waals surface area contributed by atoms with Gasteiger partial charge in [-0.3, -0.25) is 9.59 Å². The van der Waals surface area contributed by atoms with Gasteiger partial charge in [-0.2, -0.15) is 0 Å². The van der Waals surface area contributed by atoms with Gasteiger partial charge in [0.25, 0.3) is 11.8 Å². The summed E-state index contributed by atoms with van der Waals surface area (Å²) in [7, 11) is 0. The largest absolute Gasteiger partial charge is 0.573 e. The highest BCUT2D eigenvalue weighted by Crippen LogP contribution is 2.32. The molecule has 168 valence electrons. The third kappa shape index (κ3) is 4.47. The average molecular weight is 469 g/mol. The zero-order valence-corrected chi connectivity index (χ0v) is 17.1. The molecule has 2 aliphatic heterocycles. The highest BCUT2D eigenvalue weighted by Gasteiger charge is 2.48. The molecule has 2 fully saturated rings. The summed E-state index contributed by atoms with van der Waals surface area (Å²) in [6.45, 7) is 0.239. The quantitative estimate of drug-likeness (QED) is 0.549. The van der Waals surface area contributed by atoms with Crippen LogP contribution in [0.2, 0.25) is 5.15 Å². The SMILES string of the molecule is O=C(N[C@H]1CCN2C(=O)N(c3ccc(OC(F)(F)F)cc3)C(=O)[C@@H]2C1)c1ccnc(Cl)c1. The lowest BCUT2D eigenvalue weighted by Gasteiger charge is -2.32. The molecule has 12 heteroatoms. The third-order valence-corrected chi connectivity index (χ3v) is 5.40. The molecule has 2 atom stereocenters. The first-order chi connectivity index (χ1) is 15.1. The van der Waals surface area contributed by atoms with E-state index in [1.54, 1.807) is 0 Å². The Kier molecular flexibility index (Phi) is 5.68. The van der Waals surface area contributed by atoms with Gasteiger partial charge in [0.2, 0.25) is 0 Å². The minimum absolute atomic E-state index is 0.135. The van der Waals surface area contributed by atoms with E-state index in [9.17, 15) is 27.6 Å². The molecule has 0 saturated carbocycles. The van der Waals surface area contributed by atoms with Crippen molar-refractivity contribution in [3.63, 3.8) is 0 Å². The van der Waals surface area contributed by atoms with Gasteiger partial charge in [-0.05, 0) is 49.2 Å². The number of aromatic nitrogens is 1. The number of halogens is 4. The summed E-state index contributed by atoms with van der Waals surface area (Å²) in [5, 5.41) is 3.01. The number of urea groups is 1. The molecule has 1 aromatic heterocycles. The maximum Gasteiger partial charge on any atom is 0.573 e. The van der Waals surface area contributed by atoms with E-state index < -0.39 is 30.1 Å². The number of carbonyl (C=O) groups is 3. The number of amides is 4. The van der Waals surface area contributed by atoms with Gasteiger partial charge < -0.3 is 15.0 Å². The number of benzene rings is 1. The summed E-state index contributed by atoms with van der Waals surface area (Å²) in [4.78, 5) is 44.3. The second-order valence-electron chi connectivity index (χ2n) is 7.27. The zero-order chi connectivity index (χ0) is 23.0. The lowest BCUT2D eigenvalue weighted by atomic mass is 9.97. The lowest BCUT2D eigenvalue weighted by Crippen LogP contribution is -2.49. The van der Waals surface area contributed by atoms with Crippen LogP contribution in [0.15, 0.2) is 42.6 Å². The number of carbonyl (C=O) groups excluding carboxylic acids is 3. The van der Waals surface area contributed by atoms with E-state index in [-0.39, 0.29) is 35.8 Å². The molecule has 0 radical (unpaired) electrons. The molecule has 1 aromatic carbocycles. The van der Waals surface area contributed by atoms with Crippen molar-refractivity contribution in [3.05, 3.63) is 53.3 Å². The number of nitrogens with one attached hydrogen (secondary N) is 1. The molecule has 3 heterocycles. The first kappa shape index (κ1) is 21.9. The molecule has 4 rings (SSSR count). The average Bonchev–Trinajstić information content (AvgIpc) is 2.97. The normalized spacial score (nSPS) is 20.9. The molecule has 2 aromatic rings. The summed E-state index contributed by atoms with van der Waals surface area (Å²) >= 11 is 5.81. The fraction of sp³-hybridized carbons (Fsp3) is 0.300. The van der Waals surface area contributed by atoms with Crippen LogP contribution in [-0.4, -0.2) is 52.7 Å². The van der Waals surface area contributed by atoms with Gasteiger partial charge in [-0.25, -0.2) is 14.7 Å². The Labute approximate surface area is 184 Å². The number of alkyl halides is 3. The van der Waals surface area contributed by atoms with Crippen molar-refractivity contribution >= 4 is 35.1 Å². The predicted molar refractivity (Wildman–Crippen MR) is 106 cm³/mol. The van der Waals surface area contributed by atoms with Crippen molar-refractivity contribution in [1.29, 1.82) is 0 Å². The van der Waals surface area contributed by atoms with Crippen LogP contribution in [0.5, 0.6) is 5.75 Å². The third-order valence-electron chi connectivity index (χ3n) is 5.20. The van der Waals surface area contributed by atoms with Crippen molar-refractivity contribution < 1.29 is 32.3 Å². The molecule has 0 spiro atoms. The smallest absolute Gasteiger partial charge is 0.406 e. The Morgan fingerprint density at radius 1 is 1.19 bits per heavy atom. The van der Waals surface area contributed by atoms with Crippen LogP contribution in [0, 0.1) is 0 Å². The van der Waals surface area contributed by atoms with E-state index in [0.717, 1.165) is 17.0 Å². The van der Waals surface area contributed by atoms with Gasteiger partial charge >= 0.3 is 12.4 Å². The minimum atomic E-state index is -4.84. The maximum atomic E-state index is 12.9. The van der Waals surface area contributed by atoms with E-state index >= 15 is 0 Å². The number of hydrogen-bond acceptors (Lipinski definition) is 5. The fourth-order valence-electron chi connectivity index (χ4n) is 3.78. The highest BCUT2D eigenvalue weighted by molar-refractivity contribution is 6.29. The van der Waals surface area contributed by atoms with E-state index in [1.807, 2.05) is 0 Å². The Hall–Kier alpha value is -3.34. The van der Waals surface area contributed by atoms with Crippen LogP contribution in [-0.2, 0) is 4.79 Å². The van der Waals surface area contributed by atoms with Gasteiger partial charge in [0, 0.05) is 24.3 Å². The molecule has 0 unspecified atom stereocenters. The van der Waals surface area contributed by atoms with Crippen LogP contribution in [0.25, 0.3) is 0 Å². The molecular formula is C20H16ClF3N4O4. The number of fused-ring (bicyclic) bond motifs is 1. The van der Waals surface area contributed by atoms with Crippen LogP contribution in [0.1, 0.15) is 23.2 Å².